The summed E-state index contributed by atoms with van der Waals surface area (Å²) in [7, 11) is -4.82. The zero-order valence-corrected chi connectivity index (χ0v) is 29.3. The van der Waals surface area contributed by atoms with Crippen molar-refractivity contribution in [3.05, 3.63) is 85.4 Å². The van der Waals surface area contributed by atoms with Gasteiger partial charge in [0.2, 0.25) is 0 Å². The number of aromatic carboxylic acids is 1. The minimum atomic E-state index is -4.82. The summed E-state index contributed by atoms with van der Waals surface area (Å²) >= 11 is 12.7. The number of aliphatic carboxylic acids is 1. The van der Waals surface area contributed by atoms with Gasteiger partial charge in [-0.1, -0.05) is 23.2 Å². The van der Waals surface area contributed by atoms with E-state index in [-0.39, 0.29) is 127 Å². The van der Waals surface area contributed by atoms with Gasteiger partial charge < -0.3 is 15.3 Å². The van der Waals surface area contributed by atoms with Crippen LogP contribution in [0.1, 0.15) is 34.0 Å². The minimum Gasteiger partial charge on any atom is -0.507 e. The monoisotopic (exact) mass is 608 g/mol. The van der Waals surface area contributed by atoms with Gasteiger partial charge in [0, 0.05) is 5.56 Å². The number of hydrogen-bond donors (Lipinski definition) is 4. The van der Waals surface area contributed by atoms with Gasteiger partial charge >= 0.3 is 106 Å². The van der Waals surface area contributed by atoms with E-state index in [0.717, 1.165) is 24.3 Å². The quantitative estimate of drug-likeness (QED) is 0.113. The fourth-order valence-electron chi connectivity index (χ4n) is 3.59. The Morgan fingerprint density at radius 2 is 1.53 bits per heavy atom. The third kappa shape index (κ3) is 7.64. The Balaban J connectivity index is 0.00000456. The van der Waals surface area contributed by atoms with Crippen molar-refractivity contribution in [3.63, 3.8) is 0 Å². The van der Waals surface area contributed by atoms with E-state index in [1.165, 1.54) is 26.0 Å². The van der Waals surface area contributed by atoms with Crippen molar-refractivity contribution in [2.45, 2.75) is 18.7 Å². The summed E-state index contributed by atoms with van der Waals surface area (Å²) in [6.45, 7) is 2.84. The number of aromatic hydroxyl groups is 1. The van der Waals surface area contributed by atoms with Crippen LogP contribution in [-0.4, -0.2) is 50.8 Å². The van der Waals surface area contributed by atoms with E-state index in [1.807, 2.05) is 0 Å². The molecular formula is C23H17Cl2Na3O9S+4. The molecule has 0 heterocycles. The molecule has 2 aromatic rings. The molecule has 0 aliphatic heterocycles. The predicted molar refractivity (Wildman–Crippen MR) is 129 cm³/mol. The van der Waals surface area contributed by atoms with Gasteiger partial charge in [-0.25, -0.2) is 9.59 Å². The Morgan fingerprint density at radius 3 is 2.03 bits per heavy atom. The number of carboxylic acid groups (broad SMARTS) is 2. The van der Waals surface area contributed by atoms with Crippen LogP contribution in [0.2, 0.25) is 10.0 Å². The van der Waals surface area contributed by atoms with Gasteiger partial charge in [0.25, 0.3) is 10.1 Å². The summed E-state index contributed by atoms with van der Waals surface area (Å²) in [6.07, 6.45) is 2.45. The number of carbonyl (C=O) groups is 2. The van der Waals surface area contributed by atoms with Crippen LogP contribution < -0.4 is 88.7 Å². The molecule has 0 amide bonds. The largest absolute Gasteiger partial charge is 1.00 e. The molecule has 0 aromatic heterocycles. The van der Waals surface area contributed by atoms with Gasteiger partial charge in [0.05, 0.1) is 15.6 Å². The first kappa shape index (κ1) is 37.6. The van der Waals surface area contributed by atoms with Crippen molar-refractivity contribution in [2.24, 2.45) is 0 Å². The van der Waals surface area contributed by atoms with E-state index in [1.54, 1.807) is 0 Å². The first-order chi connectivity index (χ1) is 16.1. The average molecular weight is 609 g/mol. The second-order valence-electron chi connectivity index (χ2n) is 7.57. The van der Waals surface area contributed by atoms with Gasteiger partial charge in [0.15, 0.2) is 5.57 Å². The molecule has 0 fully saturated rings. The van der Waals surface area contributed by atoms with Crippen LogP contribution in [0.25, 0.3) is 5.57 Å². The SMILES string of the molecule is CC1=C/C(=C(\c2cc(C)c(O)c(C(=O)O)c2)c2c(Cl)ccc(S(=O)(=O)O)c2Cl)C=C(C(=O)O)C1=[OH+].[Na+].[Na+].[Na+]. The summed E-state index contributed by atoms with van der Waals surface area (Å²) in [5.74, 6) is -3.97. The molecule has 5 N–H and O–H groups in total. The number of halogens is 2. The zero-order valence-electron chi connectivity index (χ0n) is 21.0. The maximum atomic E-state index is 11.9. The van der Waals surface area contributed by atoms with Gasteiger partial charge in [-0.05, 0) is 72.5 Å². The maximum absolute atomic E-state index is 11.9. The fraction of sp³-hybridized carbons (Fsp3) is 0.0870. The van der Waals surface area contributed by atoms with Gasteiger partial charge in [0.1, 0.15) is 16.2 Å². The van der Waals surface area contributed by atoms with E-state index in [2.05, 4.69) is 0 Å². The van der Waals surface area contributed by atoms with Crippen molar-refractivity contribution in [2.75, 3.05) is 0 Å². The molecule has 1 aliphatic rings. The second-order valence-corrected chi connectivity index (χ2v) is 9.75. The Kier molecular flexibility index (Phi) is 14.3. The molecule has 0 radical (unpaired) electrons. The first-order valence-electron chi connectivity index (χ1n) is 9.62. The van der Waals surface area contributed by atoms with Crippen LogP contribution in [0.5, 0.6) is 5.75 Å². The van der Waals surface area contributed by atoms with Crippen LogP contribution in [-0.2, 0) is 14.9 Å². The Morgan fingerprint density at radius 1 is 0.947 bits per heavy atom. The third-order valence-corrected chi connectivity index (χ3v) is 6.94. The van der Waals surface area contributed by atoms with E-state index < -0.39 is 54.6 Å². The van der Waals surface area contributed by atoms with Crippen LogP contribution in [0.3, 0.4) is 0 Å². The first-order valence-corrected chi connectivity index (χ1v) is 11.8. The minimum absolute atomic E-state index is 0. The standard InChI is InChI=1S/C23H16Cl2O9S.3Na/c1-9-5-11(7-13(20(9)26)22(28)29)17(12-6-10(2)21(27)14(8-12)23(30)31)18-15(24)3-4-16(19(18)25)35(32,33)34;;;/h3-8,26H,1-2H3,(H,28,29)(H,30,31)(H,32,33,34);;;/q;3*+1/p+1/b17-12-;;;. The summed E-state index contributed by atoms with van der Waals surface area (Å²) in [5, 5.41) is 28.7. The Labute approximate surface area is 294 Å². The third-order valence-electron chi connectivity index (χ3n) is 5.22. The van der Waals surface area contributed by atoms with Crippen LogP contribution >= 0.6 is 23.2 Å². The number of rotatable bonds is 5. The van der Waals surface area contributed by atoms with Crippen LogP contribution in [0.4, 0.5) is 0 Å². The number of phenols is 1. The predicted octanol–water partition coefficient (Wildman–Crippen LogP) is -4.72. The molecule has 3 rings (SSSR count). The van der Waals surface area contributed by atoms with Gasteiger partial charge in [-0.3, -0.25) is 9.35 Å². The summed E-state index contributed by atoms with van der Waals surface area (Å²) < 4.78 is 33.4. The van der Waals surface area contributed by atoms with Crippen molar-refractivity contribution >= 4 is 56.6 Å². The normalized spacial score (nSPS) is 14.2. The number of hydrogen-bond acceptors (Lipinski definition) is 5. The Hall–Kier alpha value is -0.440. The van der Waals surface area contributed by atoms with Crippen molar-refractivity contribution in [1.29, 1.82) is 0 Å². The number of aryl methyl sites for hydroxylation is 1. The van der Waals surface area contributed by atoms with E-state index in [9.17, 15) is 42.7 Å². The van der Waals surface area contributed by atoms with Crippen LogP contribution in [0, 0.1) is 6.92 Å². The van der Waals surface area contributed by atoms with Crippen molar-refractivity contribution in [3.8, 4) is 5.75 Å². The van der Waals surface area contributed by atoms with E-state index in [4.69, 9.17) is 23.2 Å². The molecule has 0 saturated carbocycles. The summed E-state index contributed by atoms with van der Waals surface area (Å²) in [4.78, 5) is 33.0. The molecule has 0 unspecified atom stereocenters. The summed E-state index contributed by atoms with van der Waals surface area (Å²) in [5.41, 5.74) is -0.748. The fourth-order valence-corrected chi connectivity index (χ4v) is 5.01. The second kappa shape index (κ2) is 14.5. The van der Waals surface area contributed by atoms with Crippen molar-refractivity contribution in [1.82, 2.24) is 0 Å². The van der Waals surface area contributed by atoms with Gasteiger partial charge in [-0.15, -0.1) is 0 Å². The molecule has 1 aliphatic carbocycles. The molecule has 9 nitrogen and oxygen atoms in total. The molecule has 0 bridgehead atoms. The number of ketones is 1. The number of carbonyl (C=O) groups excluding carboxylic acids is 1. The molecule has 2 aromatic carbocycles. The number of carboxylic acids is 2. The number of benzene rings is 2. The molecule has 182 valence electrons. The van der Waals surface area contributed by atoms with E-state index in [0.29, 0.717) is 0 Å². The van der Waals surface area contributed by atoms with Crippen LogP contribution in [0.15, 0.2) is 58.0 Å². The van der Waals surface area contributed by atoms with Crippen molar-refractivity contribution < 1.29 is 131 Å². The molecule has 0 spiro atoms. The smallest absolute Gasteiger partial charge is 0.507 e. The average Bonchev–Trinajstić information content (AvgIpc) is 2.73. The van der Waals surface area contributed by atoms with E-state index >= 15 is 0 Å². The maximum Gasteiger partial charge on any atom is 1.00 e. The molecular weight excluding hydrogens is 592 g/mol. The molecule has 38 heavy (non-hydrogen) atoms. The zero-order chi connectivity index (χ0) is 26.4. The summed E-state index contributed by atoms with van der Waals surface area (Å²) in [6, 6.07) is 4.56. The molecule has 0 atom stereocenters. The molecule has 15 heteroatoms. The van der Waals surface area contributed by atoms with Gasteiger partial charge in [-0.2, -0.15) is 8.42 Å². The topological polar surface area (TPSA) is 171 Å². The Bertz CT molecular complexity index is 1550. The number of allylic oxidation sites excluding steroid dienone is 4. The molecule has 0 saturated heterocycles.